The van der Waals surface area contributed by atoms with E-state index in [9.17, 15) is 19.4 Å². The van der Waals surface area contributed by atoms with E-state index < -0.39 is 20.0 Å². The third-order valence-electron chi connectivity index (χ3n) is 8.67. The van der Waals surface area contributed by atoms with Crippen molar-refractivity contribution in [2.45, 2.75) is 142 Å². The first kappa shape index (κ1) is 54.9. The summed E-state index contributed by atoms with van der Waals surface area (Å²) in [7, 11) is 1.52. The van der Waals surface area contributed by atoms with Crippen LogP contribution in [-0.2, 0) is 18.4 Å². The van der Waals surface area contributed by atoms with Crippen LogP contribution in [0.25, 0.3) is 0 Å². The summed E-state index contributed by atoms with van der Waals surface area (Å²) in [4.78, 5) is 22.8. The zero-order valence-electron chi connectivity index (χ0n) is 37.0. The Hall–Kier alpha value is -3.10. The average Bonchev–Trinajstić information content (AvgIpc) is 3.17. The summed E-state index contributed by atoms with van der Waals surface area (Å²) in [6, 6.07) is -0.861. The molecule has 58 heavy (non-hydrogen) atoms. The van der Waals surface area contributed by atoms with Crippen molar-refractivity contribution in [3.63, 3.8) is 0 Å². The van der Waals surface area contributed by atoms with E-state index in [0.717, 1.165) is 109 Å². The van der Waals surface area contributed by atoms with Crippen LogP contribution in [0.2, 0.25) is 0 Å². The van der Waals surface area contributed by atoms with Gasteiger partial charge in [0.1, 0.15) is 13.2 Å². The van der Waals surface area contributed by atoms with E-state index in [1.165, 1.54) is 0 Å². The van der Waals surface area contributed by atoms with Crippen molar-refractivity contribution >= 4 is 13.7 Å². The number of quaternary nitrogens is 1. The number of aliphatic hydroxyl groups excluding tert-OH is 1. The maximum Gasteiger partial charge on any atom is 0.472 e. The third kappa shape index (κ3) is 41.1. The smallest absolute Gasteiger partial charge is 0.387 e. The fraction of sp³-hybridized carbons (Fsp3) is 0.571. The summed E-state index contributed by atoms with van der Waals surface area (Å²) in [5.74, 6) is -0.216. The monoisotopic (exact) mass is 826 g/mol. The number of nitrogens with one attached hydrogen (secondary N) is 1. The summed E-state index contributed by atoms with van der Waals surface area (Å²) in [5, 5.41) is 13.4. The Morgan fingerprint density at radius 2 is 1.03 bits per heavy atom. The van der Waals surface area contributed by atoms with Crippen molar-refractivity contribution in [2.24, 2.45) is 0 Å². The SMILES string of the molecule is CC/C=C\C/C=C\C/C=C\C/C=C\C/C=C\C/C=C\C/C=C\C/C=C\C/C=C\CCCCCCCC(=O)NC(COP(=O)(O)OCC[N+](C)(C)C)C(O)/C=C/CCC. The number of rotatable bonds is 37. The molecule has 3 atom stereocenters. The van der Waals surface area contributed by atoms with Gasteiger partial charge in [0.05, 0.1) is 39.9 Å². The highest BCUT2D eigenvalue weighted by Gasteiger charge is 2.27. The third-order valence-corrected chi connectivity index (χ3v) is 9.65. The first-order valence-corrected chi connectivity index (χ1v) is 23.4. The molecule has 3 N–H and O–H groups in total. The van der Waals surface area contributed by atoms with Crippen LogP contribution < -0.4 is 5.32 Å². The number of allylic oxidation sites excluding steroid dienone is 19. The minimum Gasteiger partial charge on any atom is -0.387 e. The highest BCUT2D eigenvalue weighted by molar-refractivity contribution is 7.47. The molecular weight excluding hydrogens is 744 g/mol. The lowest BCUT2D eigenvalue weighted by molar-refractivity contribution is -0.870. The molecule has 0 heterocycles. The van der Waals surface area contributed by atoms with Gasteiger partial charge in [0.2, 0.25) is 5.91 Å². The molecule has 0 radical (unpaired) electrons. The number of carbonyl (C=O) groups excluding carboxylic acids is 1. The molecule has 0 aliphatic carbocycles. The molecule has 0 saturated heterocycles. The number of phosphoric acid groups is 1. The Bertz CT molecular complexity index is 1350. The lowest BCUT2D eigenvalue weighted by Crippen LogP contribution is -2.45. The van der Waals surface area contributed by atoms with Crippen molar-refractivity contribution in [1.82, 2.24) is 5.32 Å². The van der Waals surface area contributed by atoms with Crippen molar-refractivity contribution < 1.29 is 32.9 Å². The van der Waals surface area contributed by atoms with Gasteiger partial charge in [0.15, 0.2) is 0 Å². The standard InChI is InChI=1S/C49H81N2O6P/c1-6-8-10-11-12-13-14-15-16-17-18-19-20-21-22-23-24-25-26-27-28-29-30-31-32-33-34-35-36-37-38-39-41-43-49(53)50-47(48(52)42-40-9-7-2)46-57-58(54,55)56-45-44-51(3,4)5/h8,10,12-13,15-16,18-19,21-22,24-25,27-28,30-31,33-34,40,42,47-48,52H,6-7,9,11,14,17,20,23,26,29,32,35-39,41,43-46H2,1-5H3,(H-,50,53,54,55)/p+1/b10-8-,13-12-,16-15-,19-18-,22-21-,25-24-,28-27-,31-30-,34-33-,42-40+. The lowest BCUT2D eigenvalue weighted by Gasteiger charge is -2.25. The maximum atomic E-state index is 12.7. The van der Waals surface area contributed by atoms with Crippen LogP contribution >= 0.6 is 7.82 Å². The fourth-order valence-electron chi connectivity index (χ4n) is 5.21. The first-order chi connectivity index (χ1) is 28.0. The van der Waals surface area contributed by atoms with E-state index in [4.69, 9.17) is 9.05 Å². The maximum absolute atomic E-state index is 12.7. The van der Waals surface area contributed by atoms with E-state index in [1.54, 1.807) is 6.08 Å². The molecule has 0 aromatic heterocycles. The molecule has 8 nitrogen and oxygen atoms in total. The van der Waals surface area contributed by atoms with Crippen LogP contribution in [0.5, 0.6) is 0 Å². The van der Waals surface area contributed by atoms with Gasteiger partial charge in [-0.25, -0.2) is 4.57 Å². The van der Waals surface area contributed by atoms with Crippen molar-refractivity contribution in [3.05, 3.63) is 122 Å². The number of hydrogen-bond donors (Lipinski definition) is 3. The minimum atomic E-state index is -4.33. The van der Waals surface area contributed by atoms with Gasteiger partial charge >= 0.3 is 7.82 Å². The average molecular weight is 826 g/mol. The quantitative estimate of drug-likeness (QED) is 0.0249. The van der Waals surface area contributed by atoms with Gasteiger partial charge < -0.3 is 19.8 Å². The molecule has 0 aromatic rings. The second-order valence-electron chi connectivity index (χ2n) is 15.3. The second-order valence-corrected chi connectivity index (χ2v) is 16.8. The number of unbranched alkanes of at least 4 members (excludes halogenated alkanes) is 6. The van der Waals surface area contributed by atoms with Gasteiger partial charge in [0, 0.05) is 6.42 Å². The van der Waals surface area contributed by atoms with E-state index in [0.29, 0.717) is 17.4 Å². The summed E-state index contributed by atoms with van der Waals surface area (Å²) in [5.41, 5.74) is 0. The van der Waals surface area contributed by atoms with Crippen molar-refractivity contribution in [1.29, 1.82) is 0 Å². The zero-order chi connectivity index (χ0) is 42.8. The molecule has 3 unspecified atom stereocenters. The first-order valence-electron chi connectivity index (χ1n) is 21.9. The fourth-order valence-corrected chi connectivity index (χ4v) is 5.95. The van der Waals surface area contributed by atoms with Crippen LogP contribution in [-0.4, -0.2) is 73.4 Å². The van der Waals surface area contributed by atoms with E-state index in [1.807, 2.05) is 34.1 Å². The highest BCUT2D eigenvalue weighted by atomic mass is 31.2. The molecule has 0 aliphatic heterocycles. The second kappa shape index (κ2) is 39.4. The Balaban J connectivity index is 4.02. The van der Waals surface area contributed by atoms with Crippen LogP contribution in [0.15, 0.2) is 122 Å². The molecule has 0 spiro atoms. The molecule has 328 valence electrons. The number of aliphatic hydroxyl groups is 1. The Labute approximate surface area is 354 Å². The van der Waals surface area contributed by atoms with Crippen LogP contribution in [0.4, 0.5) is 0 Å². The largest absolute Gasteiger partial charge is 0.472 e. The molecule has 9 heteroatoms. The topological polar surface area (TPSA) is 105 Å². The van der Waals surface area contributed by atoms with Crippen LogP contribution in [0.3, 0.4) is 0 Å². The summed E-state index contributed by atoms with van der Waals surface area (Å²) in [6.07, 6.45) is 59.4. The zero-order valence-corrected chi connectivity index (χ0v) is 37.9. The Morgan fingerprint density at radius 3 is 1.48 bits per heavy atom. The predicted octanol–water partition coefficient (Wildman–Crippen LogP) is 12.3. The number of likely N-dealkylation sites (N-methyl/N-ethyl adjacent to an activating group) is 1. The highest BCUT2D eigenvalue weighted by Crippen LogP contribution is 2.43. The van der Waals surface area contributed by atoms with Crippen LogP contribution in [0.1, 0.15) is 129 Å². The van der Waals surface area contributed by atoms with Gasteiger partial charge in [-0.3, -0.25) is 13.8 Å². The Morgan fingerprint density at radius 1 is 0.603 bits per heavy atom. The Kier molecular flexibility index (Phi) is 37.3. The molecule has 0 aromatic carbocycles. The van der Waals surface area contributed by atoms with Gasteiger partial charge in [-0.15, -0.1) is 0 Å². The summed E-state index contributed by atoms with van der Waals surface area (Å²) in [6.45, 7) is 4.42. The van der Waals surface area contributed by atoms with Crippen molar-refractivity contribution in [2.75, 3.05) is 40.9 Å². The van der Waals surface area contributed by atoms with E-state index >= 15 is 0 Å². The molecule has 1 amide bonds. The molecular formula is C49H82N2O6P+. The molecule has 0 aliphatic rings. The number of carbonyl (C=O) groups is 1. The number of hydrogen-bond acceptors (Lipinski definition) is 5. The normalized spacial score (nSPS) is 15.5. The van der Waals surface area contributed by atoms with Crippen molar-refractivity contribution in [3.8, 4) is 0 Å². The van der Waals surface area contributed by atoms with Gasteiger partial charge in [-0.2, -0.15) is 0 Å². The number of nitrogens with zero attached hydrogens (tertiary/aromatic N) is 1. The van der Waals surface area contributed by atoms with E-state index in [-0.39, 0.29) is 19.1 Å². The van der Waals surface area contributed by atoms with Gasteiger partial charge in [-0.1, -0.05) is 161 Å². The molecule has 0 bridgehead atoms. The van der Waals surface area contributed by atoms with Gasteiger partial charge in [0.25, 0.3) is 0 Å². The lowest BCUT2D eigenvalue weighted by atomic mass is 10.1. The molecule has 0 fully saturated rings. The van der Waals surface area contributed by atoms with Crippen LogP contribution in [0, 0.1) is 0 Å². The summed E-state index contributed by atoms with van der Waals surface area (Å²) < 4.78 is 23.2. The van der Waals surface area contributed by atoms with E-state index in [2.05, 4.69) is 122 Å². The number of amides is 1. The summed E-state index contributed by atoms with van der Waals surface area (Å²) >= 11 is 0. The number of phosphoric ester groups is 1. The molecule has 0 rings (SSSR count). The molecule has 0 saturated carbocycles. The predicted molar refractivity (Wildman–Crippen MR) is 248 cm³/mol. The van der Waals surface area contributed by atoms with Gasteiger partial charge in [-0.05, 0) is 83.5 Å². The minimum absolute atomic E-state index is 0.0482.